The Hall–Kier alpha value is -1.79. The van der Waals surface area contributed by atoms with Gasteiger partial charge in [0.2, 0.25) is 0 Å². The van der Waals surface area contributed by atoms with Crippen molar-refractivity contribution >= 4 is 0 Å². The van der Waals surface area contributed by atoms with Crippen molar-refractivity contribution < 1.29 is 13.5 Å². The summed E-state index contributed by atoms with van der Waals surface area (Å²) in [7, 11) is 1.77. The molecule has 1 aliphatic carbocycles. The van der Waals surface area contributed by atoms with Crippen molar-refractivity contribution in [2.45, 2.75) is 31.5 Å². The second-order valence-electron chi connectivity index (χ2n) is 7.26. The van der Waals surface area contributed by atoms with Crippen LogP contribution < -0.4 is 0 Å². The van der Waals surface area contributed by atoms with E-state index in [1.807, 2.05) is 23.1 Å². The average molecular weight is 347 g/mol. The Morgan fingerprint density at radius 1 is 1.16 bits per heavy atom. The molecule has 2 aliphatic rings. The van der Waals surface area contributed by atoms with Gasteiger partial charge >= 0.3 is 0 Å². The molecule has 0 radical (unpaired) electrons. The molecule has 4 rings (SSSR count). The van der Waals surface area contributed by atoms with E-state index in [9.17, 15) is 8.78 Å². The highest BCUT2D eigenvalue weighted by Gasteiger charge is 2.43. The van der Waals surface area contributed by atoms with Gasteiger partial charge < -0.3 is 4.74 Å². The molecule has 0 unspecified atom stereocenters. The number of fused-ring (bicyclic) bond motifs is 1. The topological polar surface area (TPSA) is 30.3 Å². The highest BCUT2D eigenvalue weighted by Crippen LogP contribution is 2.42. The van der Waals surface area contributed by atoms with Crippen LogP contribution in [0, 0.1) is 23.5 Å². The van der Waals surface area contributed by atoms with Gasteiger partial charge in [-0.3, -0.25) is 9.58 Å². The molecule has 1 aromatic heterocycles. The zero-order valence-corrected chi connectivity index (χ0v) is 14.3. The van der Waals surface area contributed by atoms with Gasteiger partial charge in [0.25, 0.3) is 0 Å². The summed E-state index contributed by atoms with van der Waals surface area (Å²) >= 11 is 0. The van der Waals surface area contributed by atoms with Crippen LogP contribution in [0.4, 0.5) is 8.78 Å². The molecule has 4 atom stereocenters. The Labute approximate surface area is 146 Å². The number of ether oxygens (including phenoxy) is 1. The Bertz CT molecular complexity index is 721. The quantitative estimate of drug-likeness (QED) is 0.850. The first-order valence-corrected chi connectivity index (χ1v) is 8.82. The number of nitrogens with zero attached hydrogens (tertiary/aromatic N) is 3. The van der Waals surface area contributed by atoms with Crippen molar-refractivity contribution in [3.63, 3.8) is 0 Å². The van der Waals surface area contributed by atoms with Crippen LogP contribution >= 0.6 is 0 Å². The second-order valence-corrected chi connectivity index (χ2v) is 7.26. The monoisotopic (exact) mass is 347 g/mol. The molecular formula is C19H23F2N3O. The summed E-state index contributed by atoms with van der Waals surface area (Å²) in [4.78, 5) is 2.35. The summed E-state index contributed by atoms with van der Waals surface area (Å²) in [6.07, 6.45) is 6.04. The summed E-state index contributed by atoms with van der Waals surface area (Å²) in [6, 6.07) is 6.40. The van der Waals surface area contributed by atoms with Crippen molar-refractivity contribution in [2.24, 2.45) is 11.8 Å². The van der Waals surface area contributed by atoms with Gasteiger partial charge in [0.05, 0.1) is 12.1 Å². The van der Waals surface area contributed by atoms with Crippen LogP contribution in [0.2, 0.25) is 0 Å². The van der Waals surface area contributed by atoms with Crippen LogP contribution in [0.25, 0.3) is 0 Å². The normalized spacial score (nSPS) is 29.7. The van der Waals surface area contributed by atoms with E-state index in [4.69, 9.17) is 4.74 Å². The second kappa shape index (κ2) is 6.84. The maximum Gasteiger partial charge on any atom is 0.159 e. The van der Waals surface area contributed by atoms with Crippen LogP contribution in [0.5, 0.6) is 0 Å². The van der Waals surface area contributed by atoms with Crippen molar-refractivity contribution in [2.75, 3.05) is 20.2 Å². The largest absolute Gasteiger partial charge is 0.379 e. The minimum Gasteiger partial charge on any atom is -0.379 e. The lowest BCUT2D eigenvalue weighted by Crippen LogP contribution is -2.37. The molecule has 0 N–H and O–H groups in total. The fourth-order valence-corrected chi connectivity index (χ4v) is 4.52. The Balaban J connectivity index is 1.44. The number of methoxy groups -OCH3 is 1. The van der Waals surface area contributed by atoms with Gasteiger partial charge in [-0.05, 0) is 48.4 Å². The first kappa shape index (κ1) is 16.7. The molecule has 1 aliphatic heterocycles. The standard InChI is InChI=1S/C19H23F2N3O/c1-25-19-9-15-12-23(10-13-3-4-16(20)17(21)7-13)11-14(15)8-18(19)24-6-2-5-22-24/h2-7,14-15,18-19H,8-12H2,1H3/t14-,15+,18-,19-/m0/s1. The summed E-state index contributed by atoms with van der Waals surface area (Å²) in [5, 5.41) is 4.40. The van der Waals surface area contributed by atoms with E-state index in [1.165, 1.54) is 12.1 Å². The number of benzene rings is 1. The molecule has 0 spiro atoms. The molecule has 6 heteroatoms. The number of likely N-dealkylation sites (tertiary alicyclic amines) is 1. The molecule has 134 valence electrons. The molecule has 1 saturated carbocycles. The first-order valence-electron chi connectivity index (χ1n) is 8.82. The number of hydrogen-bond acceptors (Lipinski definition) is 3. The fraction of sp³-hybridized carbons (Fsp3) is 0.526. The molecule has 2 aromatic rings. The summed E-state index contributed by atoms with van der Waals surface area (Å²) in [5.41, 5.74) is 0.824. The van der Waals surface area contributed by atoms with Gasteiger partial charge in [-0.2, -0.15) is 5.10 Å². The molecule has 1 saturated heterocycles. The van der Waals surface area contributed by atoms with Crippen LogP contribution in [-0.4, -0.2) is 41.0 Å². The van der Waals surface area contributed by atoms with Gasteiger partial charge in [0, 0.05) is 39.1 Å². The summed E-state index contributed by atoms with van der Waals surface area (Å²) in [5.74, 6) is -0.385. The number of halogens is 2. The van der Waals surface area contributed by atoms with Gasteiger partial charge in [-0.15, -0.1) is 0 Å². The van der Waals surface area contributed by atoms with Crippen LogP contribution in [0.15, 0.2) is 36.7 Å². The van der Waals surface area contributed by atoms with Gasteiger partial charge in [0.15, 0.2) is 11.6 Å². The molecule has 2 fully saturated rings. The lowest BCUT2D eigenvalue weighted by molar-refractivity contribution is -0.00486. The maximum absolute atomic E-state index is 13.4. The minimum atomic E-state index is -0.788. The molecule has 4 nitrogen and oxygen atoms in total. The van der Waals surface area contributed by atoms with E-state index in [-0.39, 0.29) is 12.1 Å². The first-order chi connectivity index (χ1) is 12.1. The van der Waals surface area contributed by atoms with Crippen LogP contribution in [-0.2, 0) is 11.3 Å². The third-order valence-electron chi connectivity index (χ3n) is 5.72. The molecule has 0 bridgehead atoms. The molecule has 1 aromatic carbocycles. The van der Waals surface area contributed by atoms with E-state index in [1.54, 1.807) is 13.2 Å². The van der Waals surface area contributed by atoms with Crippen molar-refractivity contribution in [1.29, 1.82) is 0 Å². The fourth-order valence-electron chi connectivity index (χ4n) is 4.52. The molecule has 2 heterocycles. The average Bonchev–Trinajstić information content (AvgIpc) is 3.25. The Morgan fingerprint density at radius 3 is 2.64 bits per heavy atom. The number of aromatic nitrogens is 2. The van der Waals surface area contributed by atoms with E-state index in [0.29, 0.717) is 18.4 Å². The smallest absolute Gasteiger partial charge is 0.159 e. The predicted molar refractivity (Wildman–Crippen MR) is 89.9 cm³/mol. The number of rotatable bonds is 4. The van der Waals surface area contributed by atoms with Gasteiger partial charge in [0.1, 0.15) is 0 Å². The highest BCUT2D eigenvalue weighted by molar-refractivity contribution is 5.18. The molecule has 25 heavy (non-hydrogen) atoms. The van der Waals surface area contributed by atoms with Crippen molar-refractivity contribution in [1.82, 2.24) is 14.7 Å². The molecule has 0 amide bonds. The van der Waals surface area contributed by atoms with Crippen LogP contribution in [0.1, 0.15) is 24.4 Å². The SMILES string of the molecule is CO[C@H]1C[C@@H]2CN(Cc3ccc(F)c(F)c3)C[C@@H]2C[C@@H]1n1cccn1. The third kappa shape index (κ3) is 3.33. The van der Waals surface area contributed by atoms with E-state index >= 15 is 0 Å². The van der Waals surface area contributed by atoms with Gasteiger partial charge in [-0.25, -0.2) is 8.78 Å². The Kier molecular flexibility index (Phi) is 4.56. The van der Waals surface area contributed by atoms with Crippen LogP contribution in [0.3, 0.4) is 0 Å². The zero-order valence-electron chi connectivity index (χ0n) is 14.3. The lowest BCUT2D eigenvalue weighted by atomic mass is 9.77. The molecular weight excluding hydrogens is 324 g/mol. The Morgan fingerprint density at radius 2 is 1.96 bits per heavy atom. The predicted octanol–water partition coefficient (Wildman–Crippen LogP) is 3.26. The van der Waals surface area contributed by atoms with E-state index in [2.05, 4.69) is 10.00 Å². The summed E-state index contributed by atoms with van der Waals surface area (Å²) in [6.45, 7) is 2.63. The van der Waals surface area contributed by atoms with E-state index < -0.39 is 11.6 Å². The highest BCUT2D eigenvalue weighted by atomic mass is 19.2. The number of hydrogen-bond donors (Lipinski definition) is 0. The maximum atomic E-state index is 13.4. The summed E-state index contributed by atoms with van der Waals surface area (Å²) < 4.78 is 34.3. The lowest BCUT2D eigenvalue weighted by Gasteiger charge is -2.37. The van der Waals surface area contributed by atoms with E-state index in [0.717, 1.165) is 31.5 Å². The third-order valence-corrected chi connectivity index (χ3v) is 5.72. The van der Waals surface area contributed by atoms with Gasteiger partial charge in [-0.1, -0.05) is 6.07 Å². The zero-order chi connectivity index (χ0) is 17.4. The van der Waals surface area contributed by atoms with Crippen molar-refractivity contribution in [3.8, 4) is 0 Å². The van der Waals surface area contributed by atoms with Crippen molar-refractivity contribution in [3.05, 3.63) is 53.9 Å². The minimum absolute atomic E-state index is 0.171.